The zero-order valence-electron chi connectivity index (χ0n) is 7.64. The second kappa shape index (κ2) is 5.20. The van der Waals surface area contributed by atoms with E-state index in [0.29, 0.717) is 0 Å². The molecule has 0 bridgehead atoms. The lowest BCUT2D eigenvalue weighted by Crippen LogP contribution is -2.11. The van der Waals surface area contributed by atoms with Crippen molar-refractivity contribution >= 4 is 17.6 Å². The lowest BCUT2D eigenvalue weighted by molar-refractivity contribution is -0.134. The average molecular weight is 244 g/mol. The Labute approximate surface area is 88.8 Å². The summed E-state index contributed by atoms with van der Waals surface area (Å²) in [7, 11) is 0. The van der Waals surface area contributed by atoms with E-state index in [0.717, 1.165) is 0 Å². The van der Waals surface area contributed by atoms with Crippen LogP contribution >= 0.6 is 11.6 Å². The third-order valence-corrected chi connectivity index (χ3v) is 1.72. The number of hydrogen-bond donors (Lipinski definition) is 1. The van der Waals surface area contributed by atoms with Crippen LogP contribution in [0.3, 0.4) is 0 Å². The molecule has 1 N–H and O–H groups in total. The largest absolute Gasteiger partial charge is 0.407 e. The van der Waals surface area contributed by atoms with Gasteiger partial charge in [0.15, 0.2) is 0 Å². The standard InChI is InChI=1S/C7H9ClF3N3O/c8-4-5-13-14-6(15-5)12-3-1-2-7(9,10)11/h1-4H2,(H,12,14). The molecule has 1 aromatic rings. The maximum atomic E-state index is 11.7. The van der Waals surface area contributed by atoms with Gasteiger partial charge in [-0.1, -0.05) is 5.10 Å². The Hall–Kier alpha value is -0.980. The molecule has 0 saturated carbocycles. The van der Waals surface area contributed by atoms with Crippen molar-refractivity contribution in [1.29, 1.82) is 0 Å². The summed E-state index contributed by atoms with van der Waals surface area (Å²) in [5.41, 5.74) is 0. The summed E-state index contributed by atoms with van der Waals surface area (Å²) in [5.74, 6) is 0.312. The van der Waals surface area contributed by atoms with Crippen molar-refractivity contribution in [2.45, 2.75) is 24.9 Å². The molecular weight excluding hydrogens is 235 g/mol. The average Bonchev–Trinajstić information content (AvgIpc) is 2.59. The van der Waals surface area contributed by atoms with Gasteiger partial charge in [0.25, 0.3) is 0 Å². The van der Waals surface area contributed by atoms with Crippen LogP contribution < -0.4 is 5.32 Å². The fourth-order valence-electron chi connectivity index (χ4n) is 0.863. The van der Waals surface area contributed by atoms with Gasteiger partial charge in [-0.3, -0.25) is 0 Å². The summed E-state index contributed by atoms with van der Waals surface area (Å²) in [4.78, 5) is 0. The van der Waals surface area contributed by atoms with Gasteiger partial charge in [0.05, 0.1) is 0 Å². The Morgan fingerprint density at radius 2 is 2.07 bits per heavy atom. The number of nitrogens with zero attached hydrogens (tertiary/aromatic N) is 2. The van der Waals surface area contributed by atoms with Gasteiger partial charge in [-0.2, -0.15) is 13.2 Å². The maximum absolute atomic E-state index is 11.7. The second-order valence-electron chi connectivity index (χ2n) is 2.78. The molecule has 0 radical (unpaired) electrons. The highest BCUT2D eigenvalue weighted by Gasteiger charge is 2.25. The smallest absolute Gasteiger partial charge is 0.389 e. The van der Waals surface area contributed by atoms with Crippen molar-refractivity contribution < 1.29 is 17.6 Å². The van der Waals surface area contributed by atoms with Crippen molar-refractivity contribution in [1.82, 2.24) is 10.2 Å². The van der Waals surface area contributed by atoms with Crippen LogP contribution in [0.2, 0.25) is 0 Å². The van der Waals surface area contributed by atoms with Gasteiger partial charge in [0.1, 0.15) is 5.88 Å². The van der Waals surface area contributed by atoms with Crippen molar-refractivity contribution in [2.75, 3.05) is 11.9 Å². The van der Waals surface area contributed by atoms with Gasteiger partial charge >= 0.3 is 12.2 Å². The minimum atomic E-state index is -4.13. The number of aromatic nitrogens is 2. The summed E-state index contributed by atoms with van der Waals surface area (Å²) in [5, 5.41) is 9.63. The number of rotatable bonds is 5. The van der Waals surface area contributed by atoms with E-state index in [9.17, 15) is 13.2 Å². The first-order valence-electron chi connectivity index (χ1n) is 4.20. The highest BCUT2D eigenvalue weighted by atomic mass is 35.5. The third-order valence-electron chi connectivity index (χ3n) is 1.49. The fourth-order valence-corrected chi connectivity index (χ4v) is 0.971. The van der Waals surface area contributed by atoms with E-state index in [1.165, 1.54) is 0 Å². The highest BCUT2D eigenvalue weighted by molar-refractivity contribution is 6.16. The van der Waals surface area contributed by atoms with Crippen LogP contribution in [0.5, 0.6) is 0 Å². The van der Waals surface area contributed by atoms with E-state index in [2.05, 4.69) is 15.5 Å². The molecule has 0 aliphatic heterocycles. The van der Waals surface area contributed by atoms with Crippen LogP contribution in [0.25, 0.3) is 0 Å². The molecule has 4 nitrogen and oxygen atoms in total. The molecule has 0 saturated heterocycles. The predicted octanol–water partition coefficient (Wildman–Crippen LogP) is 2.56. The fraction of sp³-hybridized carbons (Fsp3) is 0.714. The zero-order valence-corrected chi connectivity index (χ0v) is 8.40. The van der Waals surface area contributed by atoms with E-state index >= 15 is 0 Å². The van der Waals surface area contributed by atoms with Crippen molar-refractivity contribution in [2.24, 2.45) is 0 Å². The van der Waals surface area contributed by atoms with Crippen LogP contribution in [-0.4, -0.2) is 22.9 Å². The summed E-state index contributed by atoms with van der Waals surface area (Å²) in [6.07, 6.45) is -5.00. The molecule has 1 aromatic heterocycles. The number of alkyl halides is 4. The first-order chi connectivity index (χ1) is 7.01. The number of hydrogen-bond acceptors (Lipinski definition) is 4. The second-order valence-corrected chi connectivity index (χ2v) is 3.05. The molecule has 1 rings (SSSR count). The molecule has 0 fully saturated rings. The Morgan fingerprint density at radius 3 is 2.60 bits per heavy atom. The van der Waals surface area contributed by atoms with Crippen molar-refractivity contribution in [3.05, 3.63) is 5.89 Å². The molecular formula is C7H9ClF3N3O. The molecule has 0 unspecified atom stereocenters. The molecule has 15 heavy (non-hydrogen) atoms. The lowest BCUT2D eigenvalue weighted by atomic mass is 10.3. The van der Waals surface area contributed by atoms with E-state index < -0.39 is 12.6 Å². The molecule has 1 heterocycles. The number of anilines is 1. The molecule has 86 valence electrons. The van der Waals surface area contributed by atoms with Crippen LogP contribution in [-0.2, 0) is 5.88 Å². The van der Waals surface area contributed by atoms with Gasteiger partial charge < -0.3 is 9.73 Å². The first-order valence-corrected chi connectivity index (χ1v) is 4.73. The Kier molecular flexibility index (Phi) is 4.19. The van der Waals surface area contributed by atoms with Gasteiger partial charge in [-0.15, -0.1) is 16.7 Å². The molecule has 0 spiro atoms. The Balaban J connectivity index is 2.20. The molecule has 0 atom stereocenters. The van der Waals surface area contributed by atoms with E-state index in [1.54, 1.807) is 0 Å². The summed E-state index contributed by atoms with van der Waals surface area (Å²) in [6, 6.07) is 0.0906. The summed E-state index contributed by atoms with van der Waals surface area (Å²) >= 11 is 5.39. The molecule has 0 aliphatic carbocycles. The van der Waals surface area contributed by atoms with Crippen molar-refractivity contribution in [3.8, 4) is 0 Å². The molecule has 0 amide bonds. The van der Waals surface area contributed by atoms with Gasteiger partial charge in [-0.25, -0.2) is 0 Å². The zero-order chi connectivity index (χ0) is 11.3. The molecule has 0 aromatic carbocycles. The summed E-state index contributed by atoms with van der Waals surface area (Å²) in [6.45, 7) is 0.128. The van der Waals surface area contributed by atoms with Crippen LogP contribution in [0.15, 0.2) is 4.42 Å². The van der Waals surface area contributed by atoms with Crippen LogP contribution in [0.1, 0.15) is 18.7 Å². The summed E-state index contributed by atoms with van der Waals surface area (Å²) < 4.78 is 40.1. The minimum Gasteiger partial charge on any atom is -0.407 e. The van der Waals surface area contributed by atoms with Gasteiger partial charge in [0.2, 0.25) is 5.89 Å². The van der Waals surface area contributed by atoms with Gasteiger partial charge in [0, 0.05) is 13.0 Å². The first kappa shape index (κ1) is 12.1. The van der Waals surface area contributed by atoms with E-state index in [1.807, 2.05) is 0 Å². The van der Waals surface area contributed by atoms with Crippen LogP contribution in [0, 0.1) is 0 Å². The molecule has 0 aliphatic rings. The normalized spacial score (nSPS) is 11.7. The maximum Gasteiger partial charge on any atom is 0.389 e. The Bertz CT molecular complexity index is 302. The minimum absolute atomic E-state index is 0.0396. The lowest BCUT2D eigenvalue weighted by Gasteiger charge is -2.05. The quantitative estimate of drug-likeness (QED) is 0.638. The number of halogens is 4. The molecule has 8 heteroatoms. The monoisotopic (exact) mass is 243 g/mol. The Morgan fingerprint density at radius 1 is 1.33 bits per heavy atom. The van der Waals surface area contributed by atoms with Gasteiger partial charge in [-0.05, 0) is 6.42 Å². The third kappa shape index (κ3) is 4.87. The topological polar surface area (TPSA) is 51.0 Å². The van der Waals surface area contributed by atoms with Crippen molar-refractivity contribution in [3.63, 3.8) is 0 Å². The SMILES string of the molecule is FC(F)(F)CCCNc1nnc(CCl)o1. The number of nitrogens with one attached hydrogen (secondary N) is 1. The highest BCUT2D eigenvalue weighted by Crippen LogP contribution is 2.21. The van der Waals surface area contributed by atoms with E-state index in [-0.39, 0.29) is 30.8 Å². The van der Waals surface area contributed by atoms with Crippen LogP contribution in [0.4, 0.5) is 19.2 Å². The predicted molar refractivity (Wildman–Crippen MR) is 47.6 cm³/mol. The van der Waals surface area contributed by atoms with E-state index in [4.69, 9.17) is 16.0 Å².